The van der Waals surface area contributed by atoms with Crippen LogP contribution in [0.4, 0.5) is 15.8 Å². The van der Waals surface area contributed by atoms with Crippen molar-refractivity contribution in [2.24, 2.45) is 0 Å². The van der Waals surface area contributed by atoms with Crippen molar-refractivity contribution in [1.29, 1.82) is 0 Å². The van der Waals surface area contributed by atoms with Gasteiger partial charge in [-0.25, -0.2) is 4.39 Å². The molecule has 22 heavy (non-hydrogen) atoms. The van der Waals surface area contributed by atoms with Gasteiger partial charge in [-0.05, 0) is 55.0 Å². The van der Waals surface area contributed by atoms with Crippen LogP contribution in [0.2, 0.25) is 5.02 Å². The highest BCUT2D eigenvalue weighted by Crippen LogP contribution is 2.26. The van der Waals surface area contributed by atoms with Crippen LogP contribution >= 0.6 is 11.6 Å². The van der Waals surface area contributed by atoms with E-state index in [0.29, 0.717) is 23.6 Å². The van der Waals surface area contributed by atoms with E-state index in [9.17, 15) is 9.18 Å². The average Bonchev–Trinajstić information content (AvgIpc) is 2.89. The Morgan fingerprint density at radius 2 is 1.77 bits per heavy atom. The van der Waals surface area contributed by atoms with Gasteiger partial charge in [0.15, 0.2) is 0 Å². The summed E-state index contributed by atoms with van der Waals surface area (Å²) < 4.78 is 12.8. The molecule has 1 fully saturated rings. The van der Waals surface area contributed by atoms with Crippen LogP contribution < -0.4 is 10.2 Å². The van der Waals surface area contributed by atoms with E-state index in [1.54, 1.807) is 35.4 Å². The molecule has 1 aliphatic heterocycles. The van der Waals surface area contributed by atoms with Crippen molar-refractivity contribution >= 4 is 28.9 Å². The minimum atomic E-state index is -0.288. The van der Waals surface area contributed by atoms with E-state index in [1.807, 2.05) is 12.1 Å². The Morgan fingerprint density at radius 1 is 1.09 bits per heavy atom. The molecule has 3 nitrogen and oxygen atoms in total. The minimum absolute atomic E-state index is 0.0306. The Morgan fingerprint density at radius 3 is 2.45 bits per heavy atom. The van der Waals surface area contributed by atoms with E-state index < -0.39 is 0 Å². The maximum atomic E-state index is 12.8. The van der Waals surface area contributed by atoms with Gasteiger partial charge in [0.2, 0.25) is 0 Å². The molecule has 0 bridgehead atoms. The molecule has 1 amide bonds. The second-order valence-corrected chi connectivity index (χ2v) is 5.44. The predicted molar refractivity (Wildman–Crippen MR) is 86.5 cm³/mol. The first-order valence-corrected chi connectivity index (χ1v) is 7.30. The number of hydrogen-bond acceptors (Lipinski definition) is 2. The smallest absolute Gasteiger partial charge is 0.255 e. The molecule has 2 aromatic carbocycles. The fourth-order valence-electron chi connectivity index (χ4n) is 2.33. The molecule has 0 atom stereocenters. The summed E-state index contributed by atoms with van der Waals surface area (Å²) >= 11 is 5.86. The summed E-state index contributed by atoms with van der Waals surface area (Å²) in [5, 5.41) is 3.67. The van der Waals surface area contributed by atoms with Crippen molar-refractivity contribution < 1.29 is 9.18 Å². The molecule has 112 valence electrons. The summed E-state index contributed by atoms with van der Waals surface area (Å²) in [5.41, 5.74) is 2.27. The number of carbonyl (C=O) groups is 1. The molecular weight excluding hydrogens is 303 g/mol. The van der Waals surface area contributed by atoms with Crippen LogP contribution in [-0.2, 0) is 4.79 Å². The first-order valence-electron chi connectivity index (χ1n) is 6.92. The maximum Gasteiger partial charge on any atom is 0.255 e. The summed E-state index contributed by atoms with van der Waals surface area (Å²) in [7, 11) is 0. The Hall–Kier alpha value is -2.33. The van der Waals surface area contributed by atoms with Gasteiger partial charge in [-0.1, -0.05) is 11.6 Å². The number of anilines is 2. The van der Waals surface area contributed by atoms with Crippen molar-refractivity contribution in [2.75, 3.05) is 16.8 Å². The van der Waals surface area contributed by atoms with Crippen LogP contribution in [-0.4, -0.2) is 12.5 Å². The molecule has 0 aromatic heterocycles. The third kappa shape index (κ3) is 3.12. The van der Waals surface area contributed by atoms with E-state index in [4.69, 9.17) is 11.6 Å². The molecule has 0 aliphatic carbocycles. The van der Waals surface area contributed by atoms with Gasteiger partial charge in [0, 0.05) is 34.7 Å². The summed E-state index contributed by atoms with van der Waals surface area (Å²) in [6, 6.07) is 13.2. The molecule has 1 N–H and O–H groups in total. The minimum Gasteiger partial charge on any atom is -0.361 e. The van der Waals surface area contributed by atoms with Crippen molar-refractivity contribution in [3.05, 3.63) is 71.1 Å². The third-order valence-corrected chi connectivity index (χ3v) is 3.77. The Kier molecular flexibility index (Phi) is 4.11. The molecule has 0 spiro atoms. The second-order valence-electron chi connectivity index (χ2n) is 5.00. The Labute approximate surface area is 133 Å². The fraction of sp³-hybridized carbons (Fsp3) is 0.118. The number of amides is 1. The third-order valence-electron chi connectivity index (χ3n) is 3.52. The molecule has 3 rings (SSSR count). The number of hydrogen-bond donors (Lipinski definition) is 1. The Bertz CT molecular complexity index is 710. The first kappa shape index (κ1) is 14.6. The zero-order valence-corrected chi connectivity index (χ0v) is 12.5. The first-order chi connectivity index (χ1) is 10.6. The molecule has 1 aliphatic rings. The molecule has 0 unspecified atom stereocenters. The molecule has 2 aromatic rings. The molecule has 5 heteroatoms. The van der Waals surface area contributed by atoms with E-state index in [0.717, 1.165) is 11.4 Å². The van der Waals surface area contributed by atoms with Crippen LogP contribution in [0.3, 0.4) is 0 Å². The zero-order chi connectivity index (χ0) is 15.5. The van der Waals surface area contributed by atoms with Gasteiger partial charge >= 0.3 is 0 Å². The number of benzene rings is 2. The van der Waals surface area contributed by atoms with Crippen molar-refractivity contribution in [3.63, 3.8) is 0 Å². The second kappa shape index (κ2) is 6.20. The van der Waals surface area contributed by atoms with Crippen LogP contribution in [0.15, 0.2) is 60.3 Å². The fourth-order valence-corrected chi connectivity index (χ4v) is 2.46. The van der Waals surface area contributed by atoms with Crippen LogP contribution in [0.1, 0.15) is 6.42 Å². The molecule has 1 heterocycles. The van der Waals surface area contributed by atoms with Crippen molar-refractivity contribution in [3.8, 4) is 0 Å². The quantitative estimate of drug-likeness (QED) is 0.860. The van der Waals surface area contributed by atoms with E-state index in [1.165, 1.54) is 12.1 Å². The van der Waals surface area contributed by atoms with Gasteiger partial charge in [-0.3, -0.25) is 4.79 Å². The van der Waals surface area contributed by atoms with Crippen LogP contribution in [0.5, 0.6) is 0 Å². The largest absolute Gasteiger partial charge is 0.361 e. The van der Waals surface area contributed by atoms with Gasteiger partial charge < -0.3 is 10.2 Å². The predicted octanol–water partition coefficient (Wildman–Crippen LogP) is 4.21. The molecular formula is C17H14ClFN2O. The van der Waals surface area contributed by atoms with Gasteiger partial charge in [0.25, 0.3) is 5.91 Å². The molecule has 0 radical (unpaired) electrons. The normalized spacial score (nSPS) is 16.4. The van der Waals surface area contributed by atoms with Crippen molar-refractivity contribution in [2.45, 2.75) is 6.42 Å². The van der Waals surface area contributed by atoms with Gasteiger partial charge in [-0.2, -0.15) is 0 Å². The molecule has 0 saturated carbocycles. The van der Waals surface area contributed by atoms with Gasteiger partial charge in [0.05, 0.1) is 0 Å². The number of carbonyl (C=O) groups excluding carboxylic acids is 1. The van der Waals surface area contributed by atoms with Crippen molar-refractivity contribution in [1.82, 2.24) is 0 Å². The zero-order valence-electron chi connectivity index (χ0n) is 11.7. The summed E-state index contributed by atoms with van der Waals surface area (Å²) in [6.07, 6.45) is 2.35. The lowest BCUT2D eigenvalue weighted by atomic mass is 10.2. The summed E-state index contributed by atoms with van der Waals surface area (Å²) in [4.78, 5) is 14.1. The lowest BCUT2D eigenvalue weighted by molar-refractivity contribution is -0.114. The average molecular weight is 317 g/mol. The van der Waals surface area contributed by atoms with Crippen LogP contribution in [0, 0.1) is 5.82 Å². The number of nitrogens with zero attached hydrogens (tertiary/aromatic N) is 1. The number of nitrogens with one attached hydrogen (secondary N) is 1. The molecule has 1 saturated heterocycles. The van der Waals surface area contributed by atoms with Crippen LogP contribution in [0.25, 0.3) is 0 Å². The lowest BCUT2D eigenvalue weighted by Crippen LogP contribution is -2.24. The highest BCUT2D eigenvalue weighted by atomic mass is 35.5. The SMILES string of the molecule is O=C1/C(=C\Nc2ccc(F)cc2)CCN1c1ccc(Cl)cc1. The highest BCUT2D eigenvalue weighted by Gasteiger charge is 2.26. The lowest BCUT2D eigenvalue weighted by Gasteiger charge is -2.15. The standard InChI is InChI=1S/C17H14ClFN2O/c18-13-1-7-16(8-2-13)21-10-9-12(17(21)22)11-20-15-5-3-14(19)4-6-15/h1-8,11,20H,9-10H2/b12-11-. The maximum absolute atomic E-state index is 12.8. The van der Waals surface area contributed by atoms with Gasteiger partial charge in [0.1, 0.15) is 5.82 Å². The number of halogens is 2. The number of rotatable bonds is 3. The summed E-state index contributed by atoms with van der Waals surface area (Å²) in [6.45, 7) is 0.636. The van der Waals surface area contributed by atoms with E-state index in [-0.39, 0.29) is 11.7 Å². The van der Waals surface area contributed by atoms with E-state index in [2.05, 4.69) is 5.32 Å². The Balaban J connectivity index is 1.71. The summed E-state index contributed by atoms with van der Waals surface area (Å²) in [5.74, 6) is -0.319. The monoisotopic (exact) mass is 316 g/mol. The topological polar surface area (TPSA) is 32.3 Å². The highest BCUT2D eigenvalue weighted by molar-refractivity contribution is 6.30. The van der Waals surface area contributed by atoms with Gasteiger partial charge in [-0.15, -0.1) is 0 Å². The van der Waals surface area contributed by atoms with E-state index >= 15 is 0 Å².